The Balaban J connectivity index is 1.34. The fourth-order valence-electron chi connectivity index (χ4n) is 3.74. The maximum Gasteiger partial charge on any atom is 0.230 e. The molecule has 0 fully saturated rings. The predicted molar refractivity (Wildman–Crippen MR) is 109 cm³/mol. The van der Waals surface area contributed by atoms with Crippen LogP contribution in [0.1, 0.15) is 23.2 Å². The number of hydrogen-bond acceptors (Lipinski definition) is 3. The highest BCUT2D eigenvalue weighted by molar-refractivity contribution is 7.15. The number of benzene rings is 2. The van der Waals surface area contributed by atoms with Crippen molar-refractivity contribution in [2.75, 3.05) is 5.32 Å². The molecule has 28 heavy (non-hydrogen) atoms. The number of imidazole rings is 1. The van der Waals surface area contributed by atoms with Crippen molar-refractivity contribution in [1.29, 1.82) is 0 Å². The summed E-state index contributed by atoms with van der Waals surface area (Å²) in [7, 11) is 0. The van der Waals surface area contributed by atoms with Crippen LogP contribution in [-0.2, 0) is 24.1 Å². The normalized spacial score (nSPS) is 13.0. The van der Waals surface area contributed by atoms with Gasteiger partial charge in [-0.1, -0.05) is 6.07 Å². The van der Waals surface area contributed by atoms with Gasteiger partial charge in [-0.25, -0.2) is 9.37 Å². The molecule has 2 aromatic heterocycles. The second kappa shape index (κ2) is 6.87. The van der Waals surface area contributed by atoms with E-state index in [0.29, 0.717) is 0 Å². The molecule has 0 radical (unpaired) electrons. The van der Waals surface area contributed by atoms with Gasteiger partial charge in [-0.05, 0) is 66.8 Å². The Labute approximate surface area is 165 Å². The van der Waals surface area contributed by atoms with Crippen molar-refractivity contribution in [1.82, 2.24) is 9.38 Å². The molecule has 0 saturated heterocycles. The number of amides is 1. The lowest BCUT2D eigenvalue weighted by molar-refractivity contribution is -0.115. The van der Waals surface area contributed by atoms with Gasteiger partial charge in [0.2, 0.25) is 5.91 Å². The van der Waals surface area contributed by atoms with Gasteiger partial charge >= 0.3 is 0 Å². The third kappa shape index (κ3) is 3.20. The highest BCUT2D eigenvalue weighted by atomic mass is 32.1. The monoisotopic (exact) mass is 391 g/mol. The largest absolute Gasteiger partial charge is 0.326 e. The highest BCUT2D eigenvalue weighted by Crippen LogP contribution is 2.26. The van der Waals surface area contributed by atoms with Crippen molar-refractivity contribution in [2.24, 2.45) is 0 Å². The number of nitrogens with one attached hydrogen (secondary N) is 1. The summed E-state index contributed by atoms with van der Waals surface area (Å²) in [6.07, 6.45) is 5.59. The average Bonchev–Trinajstić information content (AvgIpc) is 3.39. The van der Waals surface area contributed by atoms with Crippen LogP contribution in [0.25, 0.3) is 16.2 Å². The molecular formula is C22H18FN3OS. The van der Waals surface area contributed by atoms with Gasteiger partial charge in [0.25, 0.3) is 0 Å². The van der Waals surface area contributed by atoms with Crippen molar-refractivity contribution in [3.05, 3.63) is 76.7 Å². The third-order valence-electron chi connectivity index (χ3n) is 5.15. The minimum absolute atomic E-state index is 0.0466. The van der Waals surface area contributed by atoms with E-state index in [1.165, 1.54) is 41.0 Å². The van der Waals surface area contributed by atoms with Crippen LogP contribution in [0.4, 0.5) is 10.1 Å². The van der Waals surface area contributed by atoms with E-state index in [2.05, 4.69) is 22.4 Å². The topological polar surface area (TPSA) is 46.4 Å². The van der Waals surface area contributed by atoms with Crippen molar-refractivity contribution < 1.29 is 9.18 Å². The van der Waals surface area contributed by atoms with E-state index in [4.69, 9.17) is 0 Å². The van der Waals surface area contributed by atoms with E-state index < -0.39 is 0 Å². The Morgan fingerprint density at radius 2 is 1.96 bits per heavy atom. The molecule has 0 aliphatic heterocycles. The molecule has 4 nitrogen and oxygen atoms in total. The summed E-state index contributed by atoms with van der Waals surface area (Å²) < 4.78 is 15.1. The molecule has 1 aliphatic rings. The van der Waals surface area contributed by atoms with Crippen LogP contribution in [0.5, 0.6) is 0 Å². The number of halogens is 1. The van der Waals surface area contributed by atoms with Crippen LogP contribution in [-0.4, -0.2) is 15.3 Å². The van der Waals surface area contributed by atoms with Gasteiger partial charge in [-0.2, -0.15) is 0 Å². The zero-order valence-electron chi connectivity index (χ0n) is 15.1. The standard InChI is InChI=1S/C22H18FN3OS/c23-17-7-4-15(5-8-17)20-12-26-19(13-28-22(26)25-20)11-21(27)24-18-9-6-14-2-1-3-16(14)10-18/h4-10,12-13H,1-3,11H2,(H,24,27). The second-order valence-electron chi connectivity index (χ2n) is 7.07. The summed E-state index contributed by atoms with van der Waals surface area (Å²) >= 11 is 1.49. The van der Waals surface area contributed by atoms with E-state index in [9.17, 15) is 9.18 Å². The molecule has 0 atom stereocenters. The van der Waals surface area contributed by atoms with Crippen LogP contribution in [0, 0.1) is 5.82 Å². The van der Waals surface area contributed by atoms with Gasteiger partial charge in [0, 0.05) is 28.5 Å². The van der Waals surface area contributed by atoms with Crippen LogP contribution < -0.4 is 5.32 Å². The molecular weight excluding hydrogens is 373 g/mol. The first-order valence-corrected chi connectivity index (χ1v) is 10.2. The number of carbonyl (C=O) groups excluding carboxylic acids is 1. The molecule has 0 spiro atoms. The van der Waals surface area contributed by atoms with Crippen molar-refractivity contribution in [3.8, 4) is 11.3 Å². The fourth-order valence-corrected chi connectivity index (χ4v) is 4.61. The second-order valence-corrected chi connectivity index (χ2v) is 7.91. The number of fused-ring (bicyclic) bond motifs is 2. The number of nitrogens with zero attached hydrogens (tertiary/aromatic N) is 2. The molecule has 1 amide bonds. The van der Waals surface area contributed by atoms with Gasteiger partial charge in [-0.15, -0.1) is 11.3 Å². The molecule has 0 saturated carbocycles. The summed E-state index contributed by atoms with van der Waals surface area (Å²) in [6.45, 7) is 0. The zero-order chi connectivity index (χ0) is 19.1. The molecule has 0 unspecified atom stereocenters. The van der Waals surface area contributed by atoms with Gasteiger partial charge in [0.1, 0.15) is 5.82 Å². The lowest BCUT2D eigenvalue weighted by Gasteiger charge is -2.07. The average molecular weight is 391 g/mol. The lowest BCUT2D eigenvalue weighted by Crippen LogP contribution is -2.15. The molecule has 2 heterocycles. The molecule has 6 heteroatoms. The maximum absolute atomic E-state index is 13.1. The molecule has 0 bridgehead atoms. The Bertz CT molecular complexity index is 1180. The molecule has 5 rings (SSSR count). The number of hydrogen-bond donors (Lipinski definition) is 1. The van der Waals surface area contributed by atoms with E-state index in [1.54, 1.807) is 12.1 Å². The van der Waals surface area contributed by atoms with Gasteiger partial charge in [0.05, 0.1) is 12.1 Å². The van der Waals surface area contributed by atoms with Crippen molar-refractivity contribution in [2.45, 2.75) is 25.7 Å². The van der Waals surface area contributed by atoms with Crippen molar-refractivity contribution >= 4 is 27.9 Å². The summed E-state index contributed by atoms with van der Waals surface area (Å²) in [5.74, 6) is -0.316. The summed E-state index contributed by atoms with van der Waals surface area (Å²) in [6, 6.07) is 12.5. The van der Waals surface area contributed by atoms with Gasteiger partial charge in [-0.3, -0.25) is 9.20 Å². The smallest absolute Gasteiger partial charge is 0.230 e. The number of carbonyl (C=O) groups is 1. The first kappa shape index (κ1) is 17.1. The minimum atomic E-state index is -0.270. The summed E-state index contributed by atoms with van der Waals surface area (Å²) in [5.41, 5.74) is 6.10. The zero-order valence-corrected chi connectivity index (χ0v) is 15.9. The van der Waals surface area contributed by atoms with Crippen LogP contribution >= 0.6 is 11.3 Å². The number of anilines is 1. The SMILES string of the molecule is O=C(Cc1csc2nc(-c3ccc(F)cc3)cn12)Nc1ccc2c(c1)CCC2. The Kier molecular flexibility index (Phi) is 4.20. The molecule has 1 N–H and O–H groups in total. The third-order valence-corrected chi connectivity index (χ3v) is 6.04. The fraction of sp³-hybridized carbons (Fsp3) is 0.182. The van der Waals surface area contributed by atoms with Crippen LogP contribution in [0.15, 0.2) is 54.0 Å². The Morgan fingerprint density at radius 3 is 2.82 bits per heavy atom. The van der Waals surface area contributed by atoms with Gasteiger partial charge in [0.15, 0.2) is 4.96 Å². The number of aromatic nitrogens is 2. The van der Waals surface area contributed by atoms with Crippen LogP contribution in [0.3, 0.4) is 0 Å². The first-order chi connectivity index (χ1) is 13.7. The Morgan fingerprint density at radius 1 is 1.14 bits per heavy atom. The summed E-state index contributed by atoms with van der Waals surface area (Å²) in [5, 5.41) is 4.97. The highest BCUT2D eigenvalue weighted by Gasteiger charge is 2.15. The van der Waals surface area contributed by atoms with E-state index in [1.807, 2.05) is 22.0 Å². The lowest BCUT2D eigenvalue weighted by atomic mass is 10.1. The van der Waals surface area contributed by atoms with E-state index in [0.717, 1.165) is 40.4 Å². The summed E-state index contributed by atoms with van der Waals surface area (Å²) in [4.78, 5) is 18.0. The van der Waals surface area contributed by atoms with E-state index in [-0.39, 0.29) is 18.1 Å². The van der Waals surface area contributed by atoms with Crippen LogP contribution in [0.2, 0.25) is 0 Å². The van der Waals surface area contributed by atoms with Gasteiger partial charge < -0.3 is 5.32 Å². The van der Waals surface area contributed by atoms with Crippen molar-refractivity contribution in [3.63, 3.8) is 0 Å². The number of rotatable bonds is 4. The number of aryl methyl sites for hydroxylation is 2. The molecule has 4 aromatic rings. The number of thiazole rings is 1. The van der Waals surface area contributed by atoms with E-state index >= 15 is 0 Å². The maximum atomic E-state index is 13.1. The quantitative estimate of drug-likeness (QED) is 0.539. The predicted octanol–water partition coefficient (Wildman–Crippen LogP) is 4.87. The Hall–Kier alpha value is -2.99. The first-order valence-electron chi connectivity index (χ1n) is 9.29. The molecule has 2 aromatic carbocycles. The molecule has 1 aliphatic carbocycles. The minimum Gasteiger partial charge on any atom is -0.326 e. The molecule has 140 valence electrons.